The Morgan fingerprint density at radius 2 is 1.81 bits per heavy atom. The molecule has 0 saturated heterocycles. The quantitative estimate of drug-likeness (QED) is 0.734. The van der Waals surface area contributed by atoms with Gasteiger partial charge in [0.2, 0.25) is 6.79 Å². The molecule has 1 fully saturated rings. The number of amides is 1. The summed E-state index contributed by atoms with van der Waals surface area (Å²) in [5, 5.41) is 20.4. The zero-order valence-electron chi connectivity index (χ0n) is 15.3. The van der Waals surface area contributed by atoms with Crippen LogP contribution in [-0.2, 0) is 11.3 Å². The Bertz CT molecular complexity index is 727. The normalized spacial score (nSPS) is 29.8. The molecule has 1 amide bonds. The maximum Gasteiger partial charge on any atom is 0.410 e. The predicted molar refractivity (Wildman–Crippen MR) is 92.1 cm³/mol. The molecule has 1 aromatic rings. The molecule has 0 unspecified atom stereocenters. The first-order valence-electron chi connectivity index (χ1n) is 9.01. The van der Waals surface area contributed by atoms with Crippen LogP contribution in [0.4, 0.5) is 4.79 Å². The molecule has 142 valence electrons. The van der Waals surface area contributed by atoms with Crippen LogP contribution in [0.25, 0.3) is 0 Å². The van der Waals surface area contributed by atoms with Crippen molar-refractivity contribution in [2.45, 2.75) is 69.9 Å². The minimum absolute atomic E-state index is 0.0841. The number of nitrogens with zero attached hydrogens (tertiary/aromatic N) is 1. The van der Waals surface area contributed by atoms with Gasteiger partial charge in [0.15, 0.2) is 11.5 Å². The highest BCUT2D eigenvalue weighted by atomic mass is 16.7. The van der Waals surface area contributed by atoms with Crippen LogP contribution in [0.1, 0.15) is 50.7 Å². The monoisotopic (exact) mass is 363 g/mol. The fourth-order valence-corrected chi connectivity index (χ4v) is 4.12. The van der Waals surface area contributed by atoms with Crippen LogP contribution in [0, 0.1) is 0 Å². The molecular weight excluding hydrogens is 338 g/mol. The minimum atomic E-state index is -0.850. The van der Waals surface area contributed by atoms with Crippen LogP contribution in [-0.4, -0.2) is 51.8 Å². The number of hydrogen-bond donors (Lipinski definition) is 2. The summed E-state index contributed by atoms with van der Waals surface area (Å²) in [6, 6.07) is 3.63. The Labute approximate surface area is 152 Å². The van der Waals surface area contributed by atoms with E-state index >= 15 is 0 Å². The summed E-state index contributed by atoms with van der Waals surface area (Å²) in [5.41, 5.74) is 1.41. The van der Waals surface area contributed by atoms with Gasteiger partial charge in [-0.3, -0.25) is 0 Å². The van der Waals surface area contributed by atoms with E-state index in [0.29, 0.717) is 30.9 Å². The van der Waals surface area contributed by atoms with Crippen molar-refractivity contribution in [2.24, 2.45) is 0 Å². The van der Waals surface area contributed by atoms with Gasteiger partial charge in [0.05, 0.1) is 12.2 Å². The highest BCUT2D eigenvalue weighted by Crippen LogP contribution is 2.47. The number of benzene rings is 1. The minimum Gasteiger partial charge on any atom is -0.454 e. The second-order valence-electron chi connectivity index (χ2n) is 8.29. The van der Waals surface area contributed by atoms with Gasteiger partial charge in [-0.25, -0.2) is 4.79 Å². The molecule has 2 N–H and O–H groups in total. The van der Waals surface area contributed by atoms with Crippen molar-refractivity contribution in [3.63, 3.8) is 0 Å². The Balaban J connectivity index is 1.72. The van der Waals surface area contributed by atoms with E-state index in [-0.39, 0.29) is 18.8 Å². The van der Waals surface area contributed by atoms with Crippen molar-refractivity contribution in [2.75, 3.05) is 6.79 Å². The first-order valence-corrected chi connectivity index (χ1v) is 9.01. The lowest BCUT2D eigenvalue weighted by atomic mass is 9.73. The number of aliphatic hydroxyl groups is 2. The van der Waals surface area contributed by atoms with Crippen LogP contribution < -0.4 is 9.47 Å². The number of aliphatic hydroxyl groups excluding tert-OH is 2. The van der Waals surface area contributed by atoms with Gasteiger partial charge < -0.3 is 29.3 Å². The van der Waals surface area contributed by atoms with E-state index in [1.165, 1.54) is 0 Å². The predicted octanol–water partition coefficient (Wildman–Crippen LogP) is 2.13. The fraction of sp³-hybridized carbons (Fsp3) is 0.632. The number of carbonyl (C=O) groups excluding carboxylic acids is 1. The first kappa shape index (κ1) is 17.4. The first-order chi connectivity index (χ1) is 12.2. The Morgan fingerprint density at radius 1 is 1.15 bits per heavy atom. The Kier molecular flexibility index (Phi) is 4.04. The molecule has 1 saturated carbocycles. The van der Waals surface area contributed by atoms with Gasteiger partial charge in [0.1, 0.15) is 5.60 Å². The smallest absolute Gasteiger partial charge is 0.410 e. The maximum absolute atomic E-state index is 12.8. The molecule has 7 heteroatoms. The molecule has 26 heavy (non-hydrogen) atoms. The second-order valence-corrected chi connectivity index (χ2v) is 8.29. The van der Waals surface area contributed by atoms with Crippen molar-refractivity contribution in [1.82, 2.24) is 4.90 Å². The van der Waals surface area contributed by atoms with Gasteiger partial charge in [-0.2, -0.15) is 0 Å². The topological polar surface area (TPSA) is 88.5 Å². The third-order valence-electron chi connectivity index (χ3n) is 5.29. The number of hydrogen-bond acceptors (Lipinski definition) is 6. The third-order valence-corrected chi connectivity index (χ3v) is 5.29. The van der Waals surface area contributed by atoms with Crippen LogP contribution in [0.3, 0.4) is 0 Å². The lowest BCUT2D eigenvalue weighted by Crippen LogP contribution is -2.54. The molecule has 1 aromatic carbocycles. The van der Waals surface area contributed by atoms with Gasteiger partial charge in [-0.15, -0.1) is 0 Å². The Hall–Kier alpha value is -1.99. The van der Waals surface area contributed by atoms with Gasteiger partial charge in [0, 0.05) is 18.5 Å². The van der Waals surface area contributed by atoms with Crippen molar-refractivity contribution in [3.05, 3.63) is 23.3 Å². The van der Waals surface area contributed by atoms with Crippen LogP contribution in [0.15, 0.2) is 12.1 Å². The highest BCUT2D eigenvalue weighted by molar-refractivity contribution is 5.70. The summed E-state index contributed by atoms with van der Waals surface area (Å²) in [6.07, 6.45) is -1.36. The number of fused-ring (bicyclic) bond motifs is 4. The van der Waals surface area contributed by atoms with Crippen LogP contribution in [0.5, 0.6) is 11.5 Å². The van der Waals surface area contributed by atoms with Crippen molar-refractivity contribution in [3.8, 4) is 11.5 Å². The summed E-state index contributed by atoms with van der Waals surface area (Å²) < 4.78 is 16.5. The standard InChI is InChI=1S/C19H25NO6/c1-19(2,3)26-18(23)20-8-10-4-16-17(25-9-24-16)6-11(10)12-5-14(21)15(22)7-13(12)20/h4,6,12-15,21-22H,5,7-9H2,1-3H3/t12-,13-,14+,15-/m0/s1. The zero-order valence-corrected chi connectivity index (χ0v) is 15.3. The molecule has 3 aliphatic rings. The molecule has 7 nitrogen and oxygen atoms in total. The van der Waals surface area contributed by atoms with E-state index in [2.05, 4.69) is 0 Å². The van der Waals surface area contributed by atoms with Crippen molar-refractivity contribution >= 4 is 6.09 Å². The van der Waals surface area contributed by atoms with E-state index < -0.39 is 23.9 Å². The van der Waals surface area contributed by atoms with E-state index in [1.807, 2.05) is 32.9 Å². The van der Waals surface area contributed by atoms with Crippen LogP contribution >= 0.6 is 0 Å². The van der Waals surface area contributed by atoms with Gasteiger partial charge >= 0.3 is 6.09 Å². The largest absolute Gasteiger partial charge is 0.454 e. The third kappa shape index (κ3) is 2.99. The summed E-state index contributed by atoms with van der Waals surface area (Å²) in [7, 11) is 0. The fourth-order valence-electron chi connectivity index (χ4n) is 4.12. The Morgan fingerprint density at radius 3 is 2.50 bits per heavy atom. The number of carbonyl (C=O) groups is 1. The molecule has 0 aromatic heterocycles. The van der Waals surface area contributed by atoms with E-state index in [9.17, 15) is 15.0 Å². The van der Waals surface area contributed by atoms with Crippen LogP contribution in [0.2, 0.25) is 0 Å². The van der Waals surface area contributed by atoms with Gasteiger partial charge in [-0.05, 0) is 56.9 Å². The molecule has 4 atom stereocenters. The molecule has 0 bridgehead atoms. The molecule has 4 rings (SSSR count). The average molecular weight is 363 g/mol. The molecular formula is C19H25NO6. The summed E-state index contributed by atoms with van der Waals surface area (Å²) >= 11 is 0. The molecule has 0 spiro atoms. The zero-order chi connectivity index (χ0) is 18.6. The SMILES string of the molecule is CC(C)(C)OC(=O)N1Cc2cc3c(cc2[C@@H]2C[C@@H](O)[C@@H](O)C[C@@H]21)OCO3. The lowest BCUT2D eigenvalue weighted by Gasteiger charge is -2.47. The van der Waals surface area contributed by atoms with E-state index in [0.717, 1.165) is 11.1 Å². The number of ether oxygens (including phenoxy) is 3. The average Bonchev–Trinajstić information content (AvgIpc) is 2.99. The molecule has 2 heterocycles. The summed E-state index contributed by atoms with van der Waals surface area (Å²) in [6.45, 7) is 6.06. The second kappa shape index (κ2) is 6.03. The lowest BCUT2D eigenvalue weighted by molar-refractivity contribution is -0.0571. The maximum atomic E-state index is 12.8. The molecule has 2 aliphatic heterocycles. The molecule has 1 aliphatic carbocycles. The summed E-state index contributed by atoms with van der Waals surface area (Å²) in [5.74, 6) is 1.27. The number of rotatable bonds is 0. The van der Waals surface area contributed by atoms with Gasteiger partial charge in [-0.1, -0.05) is 0 Å². The molecule has 0 radical (unpaired) electrons. The van der Waals surface area contributed by atoms with E-state index in [4.69, 9.17) is 14.2 Å². The van der Waals surface area contributed by atoms with Crippen molar-refractivity contribution in [1.29, 1.82) is 0 Å². The van der Waals surface area contributed by atoms with Crippen molar-refractivity contribution < 1.29 is 29.2 Å². The summed E-state index contributed by atoms with van der Waals surface area (Å²) in [4.78, 5) is 14.5. The van der Waals surface area contributed by atoms with Gasteiger partial charge in [0.25, 0.3) is 0 Å². The van der Waals surface area contributed by atoms with E-state index in [1.54, 1.807) is 4.90 Å². The highest BCUT2D eigenvalue weighted by Gasteiger charge is 2.46.